The summed E-state index contributed by atoms with van der Waals surface area (Å²) in [6, 6.07) is 13.4. The molecule has 1 N–H and O–H groups in total. The molecule has 2 aromatic rings. The molecule has 2 rings (SSSR count). The van der Waals surface area contributed by atoms with E-state index in [2.05, 4.69) is 66.1 Å². The molecule has 0 aliphatic heterocycles. The number of rotatable bonds is 5. The highest BCUT2D eigenvalue weighted by molar-refractivity contribution is 7.09. The Morgan fingerprint density at radius 1 is 1.22 bits per heavy atom. The molecule has 0 aliphatic rings. The molecule has 3 heteroatoms. The zero-order valence-electron chi connectivity index (χ0n) is 11.2. The van der Waals surface area contributed by atoms with E-state index < -0.39 is 0 Å². The van der Waals surface area contributed by atoms with Crippen molar-refractivity contribution in [3.8, 4) is 0 Å². The van der Waals surface area contributed by atoms with Gasteiger partial charge in [0.25, 0.3) is 0 Å². The SMILES string of the molecule is CNC(Cc1cccs1)c1cccc(N(C)C)c1. The van der Waals surface area contributed by atoms with Gasteiger partial charge in [-0.1, -0.05) is 18.2 Å². The van der Waals surface area contributed by atoms with Crippen LogP contribution in [0.1, 0.15) is 16.5 Å². The number of likely N-dealkylation sites (N-methyl/N-ethyl adjacent to an activating group) is 1. The Morgan fingerprint density at radius 2 is 2.06 bits per heavy atom. The van der Waals surface area contributed by atoms with E-state index in [1.165, 1.54) is 16.1 Å². The molecule has 18 heavy (non-hydrogen) atoms. The maximum atomic E-state index is 3.41. The van der Waals surface area contributed by atoms with E-state index in [1.54, 1.807) is 0 Å². The van der Waals surface area contributed by atoms with E-state index in [-0.39, 0.29) is 0 Å². The molecule has 0 spiro atoms. The van der Waals surface area contributed by atoms with Crippen LogP contribution in [-0.4, -0.2) is 21.1 Å². The van der Waals surface area contributed by atoms with Crippen molar-refractivity contribution in [2.24, 2.45) is 0 Å². The number of anilines is 1. The lowest BCUT2D eigenvalue weighted by Crippen LogP contribution is -2.19. The van der Waals surface area contributed by atoms with E-state index in [9.17, 15) is 0 Å². The average molecular weight is 260 g/mol. The van der Waals surface area contributed by atoms with E-state index in [0.29, 0.717) is 6.04 Å². The summed E-state index contributed by atoms with van der Waals surface area (Å²) >= 11 is 1.82. The van der Waals surface area contributed by atoms with Crippen LogP contribution in [0.2, 0.25) is 0 Å². The van der Waals surface area contributed by atoms with Gasteiger partial charge in [-0.2, -0.15) is 0 Å². The van der Waals surface area contributed by atoms with Gasteiger partial charge in [0.2, 0.25) is 0 Å². The average Bonchev–Trinajstić information content (AvgIpc) is 2.89. The summed E-state index contributed by atoms with van der Waals surface area (Å²) in [5.41, 5.74) is 2.59. The standard InChI is InChI=1S/C15H20N2S/c1-16-15(11-14-8-5-9-18-14)12-6-4-7-13(10-12)17(2)3/h4-10,15-16H,11H2,1-3H3. The number of benzene rings is 1. The summed E-state index contributed by atoms with van der Waals surface area (Å²) in [5, 5.41) is 5.55. The Bertz CT molecular complexity index is 477. The number of hydrogen-bond acceptors (Lipinski definition) is 3. The molecule has 1 atom stereocenters. The number of nitrogens with zero attached hydrogens (tertiary/aromatic N) is 1. The van der Waals surface area contributed by atoms with Crippen LogP contribution in [-0.2, 0) is 6.42 Å². The van der Waals surface area contributed by atoms with Crippen LogP contribution < -0.4 is 10.2 Å². The van der Waals surface area contributed by atoms with Crippen LogP contribution in [0.25, 0.3) is 0 Å². The van der Waals surface area contributed by atoms with Gasteiger partial charge in [0, 0.05) is 37.1 Å². The van der Waals surface area contributed by atoms with Gasteiger partial charge in [-0.25, -0.2) is 0 Å². The normalized spacial score (nSPS) is 12.4. The first-order chi connectivity index (χ1) is 8.70. The van der Waals surface area contributed by atoms with Gasteiger partial charge in [-0.3, -0.25) is 0 Å². The van der Waals surface area contributed by atoms with Crippen LogP contribution in [0.5, 0.6) is 0 Å². The zero-order valence-corrected chi connectivity index (χ0v) is 12.0. The molecule has 0 amide bonds. The highest BCUT2D eigenvalue weighted by Gasteiger charge is 2.11. The predicted molar refractivity (Wildman–Crippen MR) is 80.6 cm³/mol. The Kier molecular flexibility index (Phi) is 4.39. The molecule has 0 saturated carbocycles. The molecule has 1 unspecified atom stereocenters. The number of hydrogen-bond donors (Lipinski definition) is 1. The van der Waals surface area contributed by atoms with Crippen LogP contribution in [0.15, 0.2) is 41.8 Å². The third kappa shape index (κ3) is 3.12. The number of nitrogens with one attached hydrogen (secondary N) is 1. The second-order valence-corrected chi connectivity index (χ2v) is 5.65. The topological polar surface area (TPSA) is 15.3 Å². The molecular weight excluding hydrogens is 240 g/mol. The van der Waals surface area contributed by atoms with Crippen LogP contribution in [0.3, 0.4) is 0 Å². The Balaban J connectivity index is 2.19. The second kappa shape index (κ2) is 6.03. The predicted octanol–water partition coefficient (Wildman–Crippen LogP) is 3.32. The minimum atomic E-state index is 0.378. The molecule has 0 fully saturated rings. The zero-order chi connectivity index (χ0) is 13.0. The van der Waals surface area contributed by atoms with Gasteiger partial charge >= 0.3 is 0 Å². The molecule has 0 aliphatic carbocycles. The molecule has 0 saturated heterocycles. The molecule has 1 aromatic heterocycles. The van der Waals surface area contributed by atoms with Crippen LogP contribution >= 0.6 is 11.3 Å². The van der Waals surface area contributed by atoms with Crippen molar-refractivity contribution in [3.63, 3.8) is 0 Å². The lowest BCUT2D eigenvalue weighted by molar-refractivity contribution is 0.596. The van der Waals surface area contributed by atoms with Gasteiger partial charge < -0.3 is 10.2 Å². The fraction of sp³-hybridized carbons (Fsp3) is 0.333. The number of thiophene rings is 1. The van der Waals surface area contributed by atoms with Gasteiger partial charge in [-0.05, 0) is 36.2 Å². The first-order valence-corrected chi connectivity index (χ1v) is 7.05. The summed E-state index contributed by atoms with van der Waals surface area (Å²) in [6.45, 7) is 0. The molecular formula is C15H20N2S. The smallest absolute Gasteiger partial charge is 0.0367 e. The summed E-state index contributed by atoms with van der Waals surface area (Å²) in [6.07, 6.45) is 1.05. The van der Waals surface area contributed by atoms with Crippen molar-refractivity contribution in [3.05, 3.63) is 52.2 Å². The Morgan fingerprint density at radius 3 is 2.67 bits per heavy atom. The molecule has 2 nitrogen and oxygen atoms in total. The van der Waals surface area contributed by atoms with Crippen molar-refractivity contribution < 1.29 is 0 Å². The van der Waals surface area contributed by atoms with Gasteiger partial charge in [-0.15, -0.1) is 11.3 Å². The third-order valence-corrected chi connectivity index (χ3v) is 4.02. The highest BCUT2D eigenvalue weighted by Crippen LogP contribution is 2.24. The van der Waals surface area contributed by atoms with Crippen LogP contribution in [0, 0.1) is 0 Å². The molecule has 0 radical (unpaired) electrons. The molecule has 96 valence electrons. The van der Waals surface area contributed by atoms with Crippen molar-refractivity contribution in [1.29, 1.82) is 0 Å². The maximum absolute atomic E-state index is 3.41. The van der Waals surface area contributed by atoms with E-state index >= 15 is 0 Å². The van der Waals surface area contributed by atoms with Gasteiger partial charge in [0.05, 0.1) is 0 Å². The molecule has 0 bridgehead atoms. The van der Waals surface area contributed by atoms with Crippen LogP contribution in [0.4, 0.5) is 5.69 Å². The molecule has 1 heterocycles. The lowest BCUT2D eigenvalue weighted by Gasteiger charge is -2.19. The van der Waals surface area contributed by atoms with E-state index in [0.717, 1.165) is 6.42 Å². The summed E-state index contributed by atoms with van der Waals surface area (Å²) in [5.74, 6) is 0. The van der Waals surface area contributed by atoms with Crippen molar-refractivity contribution in [2.75, 3.05) is 26.0 Å². The lowest BCUT2D eigenvalue weighted by atomic mass is 10.0. The first kappa shape index (κ1) is 13.1. The van der Waals surface area contributed by atoms with Gasteiger partial charge in [0.15, 0.2) is 0 Å². The quantitative estimate of drug-likeness (QED) is 0.887. The highest BCUT2D eigenvalue weighted by atomic mass is 32.1. The first-order valence-electron chi connectivity index (χ1n) is 6.17. The maximum Gasteiger partial charge on any atom is 0.0367 e. The van der Waals surface area contributed by atoms with E-state index in [4.69, 9.17) is 0 Å². The summed E-state index contributed by atoms with van der Waals surface area (Å²) in [4.78, 5) is 3.56. The fourth-order valence-corrected chi connectivity index (χ4v) is 2.79. The third-order valence-electron chi connectivity index (χ3n) is 3.12. The Hall–Kier alpha value is -1.32. The summed E-state index contributed by atoms with van der Waals surface area (Å²) < 4.78 is 0. The van der Waals surface area contributed by atoms with E-state index in [1.807, 2.05) is 18.4 Å². The van der Waals surface area contributed by atoms with Crippen molar-refractivity contribution in [2.45, 2.75) is 12.5 Å². The van der Waals surface area contributed by atoms with Crippen molar-refractivity contribution in [1.82, 2.24) is 5.32 Å². The monoisotopic (exact) mass is 260 g/mol. The molecule has 1 aromatic carbocycles. The van der Waals surface area contributed by atoms with Crippen molar-refractivity contribution >= 4 is 17.0 Å². The Labute approximate surface area is 113 Å². The minimum absolute atomic E-state index is 0.378. The largest absolute Gasteiger partial charge is 0.378 e. The minimum Gasteiger partial charge on any atom is -0.378 e. The second-order valence-electron chi connectivity index (χ2n) is 4.61. The fourth-order valence-electron chi connectivity index (χ4n) is 2.04. The summed E-state index contributed by atoms with van der Waals surface area (Å²) in [7, 11) is 6.18. The van der Waals surface area contributed by atoms with Gasteiger partial charge in [0.1, 0.15) is 0 Å².